The number of hydrogen-bond donors (Lipinski definition) is 4. The number of likely N-dealkylation sites (tertiary alicyclic amines) is 1. The lowest BCUT2D eigenvalue weighted by Crippen LogP contribution is -2.61. The molecule has 1 fully saturated rings. The van der Waals surface area contributed by atoms with Crippen molar-refractivity contribution in [2.45, 2.75) is 10.9 Å². The predicted molar refractivity (Wildman–Crippen MR) is 134 cm³/mol. The smallest absolute Gasteiger partial charge is 0.270 e. The van der Waals surface area contributed by atoms with E-state index in [4.69, 9.17) is 0 Å². The maximum absolute atomic E-state index is 12.8. The monoisotopic (exact) mass is 489 g/mol. The quantitative estimate of drug-likeness (QED) is 0.322. The number of pyridine rings is 2. The Morgan fingerprint density at radius 1 is 0.886 bits per heavy atom. The van der Waals surface area contributed by atoms with E-state index in [1.165, 1.54) is 0 Å². The Balaban J connectivity index is 1.20. The van der Waals surface area contributed by atoms with Crippen molar-refractivity contribution in [3.63, 3.8) is 0 Å². The molecule has 5 rings (SSSR count). The first kappa shape index (κ1) is 22.8. The fourth-order valence-corrected chi connectivity index (χ4v) is 5.16. The molecule has 4 N–H and O–H groups in total. The van der Waals surface area contributed by atoms with E-state index in [-0.39, 0.29) is 17.9 Å². The highest BCUT2D eigenvalue weighted by molar-refractivity contribution is 8.25. The van der Waals surface area contributed by atoms with Gasteiger partial charge in [0.2, 0.25) is 0 Å². The van der Waals surface area contributed by atoms with Crippen molar-refractivity contribution in [1.29, 1.82) is 0 Å². The molecule has 0 spiro atoms. The van der Waals surface area contributed by atoms with Gasteiger partial charge in [-0.3, -0.25) is 33.4 Å². The van der Waals surface area contributed by atoms with Crippen molar-refractivity contribution in [2.75, 3.05) is 17.8 Å². The van der Waals surface area contributed by atoms with E-state index in [9.17, 15) is 18.7 Å². The largest absolute Gasteiger partial charge is 0.344 e. The molecule has 4 aromatic rings. The average Bonchev–Trinajstić information content (AvgIpc) is 2.86. The summed E-state index contributed by atoms with van der Waals surface area (Å²) in [6.45, 7) is 0.818. The van der Waals surface area contributed by atoms with Gasteiger partial charge in [0.15, 0.2) is 0 Å². The van der Waals surface area contributed by atoms with Gasteiger partial charge in [0.1, 0.15) is 10.6 Å². The Bertz CT molecular complexity index is 1370. The maximum Gasteiger partial charge on any atom is 0.270 e. The summed E-state index contributed by atoms with van der Waals surface area (Å²) in [7, 11) is -3.38. The SMILES string of the molecule is O=C(NC1CN(C(=O)c2ccc(NS(O)(O)c3cccc4cccnc34)cc2)C1)c1ccccn1. The Morgan fingerprint density at radius 2 is 1.63 bits per heavy atom. The van der Waals surface area contributed by atoms with Crippen molar-refractivity contribution in [1.82, 2.24) is 20.2 Å². The predicted octanol–water partition coefficient (Wildman–Crippen LogP) is 4.02. The van der Waals surface area contributed by atoms with Crippen LogP contribution < -0.4 is 10.0 Å². The third-order valence-electron chi connectivity index (χ3n) is 5.70. The number of carbonyl (C=O) groups excluding carboxylic acids is 2. The molecule has 10 heteroatoms. The van der Waals surface area contributed by atoms with Gasteiger partial charge in [0.05, 0.1) is 17.2 Å². The number of hydrogen-bond acceptors (Lipinski definition) is 7. The zero-order chi connectivity index (χ0) is 24.4. The molecule has 9 nitrogen and oxygen atoms in total. The van der Waals surface area contributed by atoms with Crippen molar-refractivity contribution >= 4 is 39.2 Å². The molecule has 2 amide bonds. The lowest BCUT2D eigenvalue weighted by atomic mass is 10.1. The van der Waals surface area contributed by atoms with E-state index in [2.05, 4.69) is 20.0 Å². The molecule has 0 aliphatic carbocycles. The molecule has 2 aromatic heterocycles. The van der Waals surface area contributed by atoms with Crippen LogP contribution in [-0.2, 0) is 0 Å². The van der Waals surface area contributed by atoms with Gasteiger partial charge in [-0.25, -0.2) is 0 Å². The molecule has 0 atom stereocenters. The van der Waals surface area contributed by atoms with Crippen molar-refractivity contribution in [3.05, 3.63) is 96.4 Å². The van der Waals surface area contributed by atoms with Crippen molar-refractivity contribution in [2.24, 2.45) is 0 Å². The fourth-order valence-electron chi connectivity index (χ4n) is 3.88. The van der Waals surface area contributed by atoms with Gasteiger partial charge in [0.25, 0.3) is 11.8 Å². The van der Waals surface area contributed by atoms with Crippen molar-refractivity contribution < 1.29 is 18.7 Å². The van der Waals surface area contributed by atoms with Crippen LogP contribution in [0.15, 0.2) is 90.1 Å². The van der Waals surface area contributed by atoms with Crippen LogP contribution in [0.2, 0.25) is 0 Å². The standard InChI is InChI=1S/C25H23N5O4S/c31-24(21-7-1-2-13-26-21)28-20-15-30(16-20)25(32)18-9-11-19(12-10-18)29-35(33,34)22-8-3-5-17-6-4-14-27-23(17)22/h1-14,20,29,33-34H,15-16H2,(H,28,31). The van der Waals surface area contributed by atoms with Gasteiger partial charge in [-0.1, -0.05) is 35.0 Å². The highest BCUT2D eigenvalue weighted by atomic mass is 32.3. The normalized spacial score (nSPS) is 14.3. The van der Waals surface area contributed by atoms with E-state index in [1.54, 1.807) is 78.0 Å². The summed E-state index contributed by atoms with van der Waals surface area (Å²) >= 11 is 0. The Morgan fingerprint density at radius 3 is 2.37 bits per heavy atom. The molecule has 0 bridgehead atoms. The Kier molecular flexibility index (Phi) is 6.08. The number of anilines is 1. The van der Waals surface area contributed by atoms with Crippen LogP contribution in [-0.4, -0.2) is 54.9 Å². The second-order valence-corrected chi connectivity index (χ2v) is 9.90. The molecule has 1 saturated heterocycles. The minimum atomic E-state index is -3.38. The summed E-state index contributed by atoms with van der Waals surface area (Å²) in [5.41, 5.74) is 1.77. The number of fused-ring (bicyclic) bond motifs is 1. The summed E-state index contributed by atoms with van der Waals surface area (Å²) < 4.78 is 24.4. The lowest BCUT2D eigenvalue weighted by molar-refractivity contribution is 0.0542. The summed E-state index contributed by atoms with van der Waals surface area (Å²) in [5.74, 6) is -0.428. The number of aromatic nitrogens is 2. The van der Waals surface area contributed by atoms with Gasteiger partial charge < -0.3 is 10.2 Å². The third kappa shape index (κ3) is 4.80. The molecular weight excluding hydrogens is 466 g/mol. The van der Waals surface area contributed by atoms with Crippen LogP contribution in [0.25, 0.3) is 10.9 Å². The van der Waals surface area contributed by atoms with Crippen LogP contribution in [0.1, 0.15) is 20.8 Å². The molecular formula is C25H23N5O4S. The molecule has 0 radical (unpaired) electrons. The van der Waals surface area contributed by atoms with Gasteiger partial charge in [-0.15, -0.1) is 0 Å². The van der Waals surface area contributed by atoms with Crippen LogP contribution in [0.5, 0.6) is 0 Å². The number of nitrogens with one attached hydrogen (secondary N) is 2. The molecule has 1 aliphatic rings. The summed E-state index contributed by atoms with van der Waals surface area (Å²) in [6, 6.07) is 20.4. The van der Waals surface area contributed by atoms with Crippen LogP contribution in [0.3, 0.4) is 0 Å². The third-order valence-corrected chi connectivity index (χ3v) is 7.16. The number of nitrogens with zero attached hydrogens (tertiary/aromatic N) is 3. The molecule has 178 valence electrons. The fraction of sp³-hybridized carbons (Fsp3) is 0.120. The number of rotatable bonds is 6. The molecule has 2 aromatic carbocycles. The zero-order valence-corrected chi connectivity index (χ0v) is 19.4. The minimum absolute atomic E-state index is 0.128. The first-order chi connectivity index (χ1) is 16.9. The topological polar surface area (TPSA) is 128 Å². The number of amides is 2. The summed E-state index contributed by atoms with van der Waals surface area (Å²) in [6.07, 6.45) is 3.16. The zero-order valence-electron chi connectivity index (χ0n) is 18.5. The van der Waals surface area contributed by atoms with Gasteiger partial charge in [-0.05, 0) is 48.5 Å². The second-order valence-electron chi connectivity index (χ2n) is 8.16. The molecule has 0 unspecified atom stereocenters. The molecule has 1 aliphatic heterocycles. The van der Waals surface area contributed by atoms with Crippen molar-refractivity contribution in [3.8, 4) is 0 Å². The van der Waals surface area contributed by atoms with E-state index in [0.29, 0.717) is 40.4 Å². The average molecular weight is 490 g/mol. The molecule has 0 saturated carbocycles. The van der Waals surface area contributed by atoms with Crippen LogP contribution in [0.4, 0.5) is 5.69 Å². The van der Waals surface area contributed by atoms with E-state index in [0.717, 1.165) is 5.39 Å². The van der Waals surface area contributed by atoms with Gasteiger partial charge in [-0.2, -0.15) is 0 Å². The highest BCUT2D eigenvalue weighted by Crippen LogP contribution is 2.50. The van der Waals surface area contributed by atoms with Gasteiger partial charge in [0, 0.05) is 36.4 Å². The highest BCUT2D eigenvalue weighted by Gasteiger charge is 2.32. The van der Waals surface area contributed by atoms with E-state index < -0.39 is 10.8 Å². The Labute approximate surface area is 203 Å². The maximum atomic E-state index is 12.8. The number of carbonyl (C=O) groups is 2. The van der Waals surface area contributed by atoms with E-state index >= 15 is 0 Å². The lowest BCUT2D eigenvalue weighted by Gasteiger charge is -2.39. The summed E-state index contributed by atoms with van der Waals surface area (Å²) in [4.78, 5) is 35.2. The van der Waals surface area contributed by atoms with Crippen LogP contribution in [0, 0.1) is 0 Å². The number of benzene rings is 2. The Hall–Kier alpha value is -3.99. The molecule has 3 heterocycles. The molecule has 35 heavy (non-hydrogen) atoms. The first-order valence-electron chi connectivity index (χ1n) is 10.9. The first-order valence-corrected chi connectivity index (χ1v) is 12.5. The minimum Gasteiger partial charge on any atom is -0.344 e. The summed E-state index contributed by atoms with van der Waals surface area (Å²) in [5, 5.41) is 3.67. The van der Waals surface area contributed by atoms with E-state index in [1.807, 2.05) is 12.1 Å². The number of para-hydroxylation sites is 1. The second kappa shape index (κ2) is 9.34. The van der Waals surface area contributed by atoms with Gasteiger partial charge >= 0.3 is 0 Å². The van der Waals surface area contributed by atoms with Crippen LogP contribution >= 0.6 is 10.8 Å².